The molecule has 0 saturated heterocycles. The molecule has 110 valence electrons. The molecule has 0 aliphatic heterocycles. The van der Waals surface area contributed by atoms with Crippen molar-refractivity contribution in [2.24, 2.45) is 0 Å². The van der Waals surface area contributed by atoms with Crippen molar-refractivity contribution in [1.82, 2.24) is 10.2 Å². The third kappa shape index (κ3) is 4.83. The average molecular weight is 288 g/mol. The molecule has 0 bridgehead atoms. The van der Waals surface area contributed by atoms with E-state index in [9.17, 15) is 9.18 Å². The zero-order valence-corrected chi connectivity index (χ0v) is 11.8. The highest BCUT2D eigenvalue weighted by Gasteiger charge is 2.04. The molecule has 1 heterocycles. The number of halogens is 1. The Hall–Kier alpha value is -2.50. The SMILES string of the molecule is CCCCC(=O)Nc1ccc(Nc2cccc(F)c2)nn1. The minimum atomic E-state index is -0.326. The largest absolute Gasteiger partial charge is 0.339 e. The molecule has 0 unspecified atom stereocenters. The fourth-order valence-corrected chi connectivity index (χ4v) is 1.72. The van der Waals surface area contributed by atoms with Gasteiger partial charge in [-0.2, -0.15) is 0 Å². The molecule has 6 heteroatoms. The minimum Gasteiger partial charge on any atom is -0.339 e. The molecule has 0 saturated carbocycles. The zero-order valence-electron chi connectivity index (χ0n) is 11.8. The number of nitrogens with one attached hydrogen (secondary N) is 2. The summed E-state index contributed by atoms with van der Waals surface area (Å²) < 4.78 is 13.1. The topological polar surface area (TPSA) is 66.9 Å². The highest BCUT2D eigenvalue weighted by Crippen LogP contribution is 2.15. The van der Waals surface area contributed by atoms with Gasteiger partial charge in [-0.25, -0.2) is 4.39 Å². The van der Waals surface area contributed by atoms with Gasteiger partial charge in [-0.15, -0.1) is 10.2 Å². The van der Waals surface area contributed by atoms with Crippen molar-refractivity contribution in [2.45, 2.75) is 26.2 Å². The van der Waals surface area contributed by atoms with E-state index in [-0.39, 0.29) is 11.7 Å². The zero-order chi connectivity index (χ0) is 15.1. The van der Waals surface area contributed by atoms with Crippen molar-refractivity contribution in [3.05, 3.63) is 42.2 Å². The number of anilines is 3. The lowest BCUT2D eigenvalue weighted by Crippen LogP contribution is -2.12. The maximum absolute atomic E-state index is 13.1. The van der Waals surface area contributed by atoms with Gasteiger partial charge in [0, 0.05) is 12.1 Å². The number of unbranched alkanes of at least 4 members (excludes halogenated alkanes) is 1. The number of nitrogens with zero attached hydrogens (tertiary/aromatic N) is 2. The Kier molecular flexibility index (Phi) is 5.20. The summed E-state index contributed by atoms with van der Waals surface area (Å²) in [6.45, 7) is 2.03. The van der Waals surface area contributed by atoms with Gasteiger partial charge in [0.1, 0.15) is 5.82 Å². The highest BCUT2D eigenvalue weighted by atomic mass is 19.1. The fourth-order valence-electron chi connectivity index (χ4n) is 1.72. The maximum Gasteiger partial charge on any atom is 0.225 e. The van der Waals surface area contributed by atoms with Gasteiger partial charge >= 0.3 is 0 Å². The molecule has 0 atom stereocenters. The van der Waals surface area contributed by atoms with Crippen LogP contribution in [0.1, 0.15) is 26.2 Å². The van der Waals surface area contributed by atoms with Crippen LogP contribution in [-0.4, -0.2) is 16.1 Å². The van der Waals surface area contributed by atoms with Crippen LogP contribution in [0.15, 0.2) is 36.4 Å². The van der Waals surface area contributed by atoms with E-state index in [1.807, 2.05) is 6.92 Å². The van der Waals surface area contributed by atoms with E-state index in [1.54, 1.807) is 24.3 Å². The van der Waals surface area contributed by atoms with E-state index in [1.165, 1.54) is 12.1 Å². The van der Waals surface area contributed by atoms with Gasteiger partial charge in [-0.1, -0.05) is 19.4 Å². The Morgan fingerprint density at radius 1 is 1.19 bits per heavy atom. The molecule has 0 spiro atoms. The lowest BCUT2D eigenvalue weighted by molar-refractivity contribution is -0.116. The second-order valence-corrected chi connectivity index (χ2v) is 4.59. The fraction of sp³-hybridized carbons (Fsp3) is 0.267. The number of aromatic nitrogens is 2. The predicted molar refractivity (Wildman–Crippen MR) is 79.9 cm³/mol. The second-order valence-electron chi connectivity index (χ2n) is 4.59. The van der Waals surface area contributed by atoms with Gasteiger partial charge < -0.3 is 10.6 Å². The lowest BCUT2D eigenvalue weighted by atomic mass is 10.2. The van der Waals surface area contributed by atoms with Crippen molar-refractivity contribution in [3.8, 4) is 0 Å². The van der Waals surface area contributed by atoms with Gasteiger partial charge in [0.05, 0.1) is 0 Å². The summed E-state index contributed by atoms with van der Waals surface area (Å²) in [5.41, 5.74) is 0.587. The monoisotopic (exact) mass is 288 g/mol. The van der Waals surface area contributed by atoms with E-state index < -0.39 is 0 Å². The Bertz CT molecular complexity index is 601. The summed E-state index contributed by atoms with van der Waals surface area (Å²) >= 11 is 0. The lowest BCUT2D eigenvalue weighted by Gasteiger charge is -2.06. The van der Waals surface area contributed by atoms with Crippen LogP contribution in [0.5, 0.6) is 0 Å². The van der Waals surface area contributed by atoms with Crippen LogP contribution in [0.25, 0.3) is 0 Å². The van der Waals surface area contributed by atoms with Crippen LogP contribution in [-0.2, 0) is 4.79 Å². The first-order valence-electron chi connectivity index (χ1n) is 6.83. The molecule has 5 nitrogen and oxygen atoms in total. The molecule has 0 fully saturated rings. The molecular weight excluding hydrogens is 271 g/mol. The second kappa shape index (κ2) is 7.33. The van der Waals surface area contributed by atoms with Crippen LogP contribution in [0, 0.1) is 5.82 Å². The summed E-state index contributed by atoms with van der Waals surface area (Å²) in [6, 6.07) is 9.39. The van der Waals surface area contributed by atoms with Crippen LogP contribution in [0.2, 0.25) is 0 Å². The van der Waals surface area contributed by atoms with Crippen molar-refractivity contribution < 1.29 is 9.18 Å². The first kappa shape index (κ1) is 14.9. The van der Waals surface area contributed by atoms with E-state index in [4.69, 9.17) is 0 Å². The number of carbonyl (C=O) groups is 1. The summed E-state index contributed by atoms with van der Waals surface area (Å²) in [6.07, 6.45) is 2.29. The number of rotatable bonds is 6. The number of hydrogen-bond donors (Lipinski definition) is 2. The maximum atomic E-state index is 13.1. The van der Waals surface area contributed by atoms with Crippen LogP contribution >= 0.6 is 0 Å². The van der Waals surface area contributed by atoms with E-state index in [0.717, 1.165) is 12.8 Å². The summed E-state index contributed by atoms with van der Waals surface area (Å²) in [5, 5.41) is 13.5. The summed E-state index contributed by atoms with van der Waals surface area (Å²) in [4.78, 5) is 11.5. The number of amides is 1. The van der Waals surface area contributed by atoms with Crippen molar-refractivity contribution >= 4 is 23.2 Å². The average Bonchev–Trinajstić information content (AvgIpc) is 2.47. The predicted octanol–water partition coefficient (Wildman–Crippen LogP) is 3.49. The third-order valence-corrected chi connectivity index (χ3v) is 2.79. The van der Waals surface area contributed by atoms with Gasteiger partial charge in [0.25, 0.3) is 0 Å². The molecule has 1 aromatic heterocycles. The Balaban J connectivity index is 1.94. The standard InChI is InChI=1S/C15H17FN4O/c1-2-3-7-15(21)18-14-9-8-13(19-20-14)17-12-6-4-5-11(16)10-12/h4-6,8-10H,2-3,7H2,1H3,(H,17,19)(H,18,20,21). The Morgan fingerprint density at radius 3 is 2.62 bits per heavy atom. The molecule has 2 N–H and O–H groups in total. The van der Waals surface area contributed by atoms with Crippen LogP contribution < -0.4 is 10.6 Å². The quantitative estimate of drug-likeness (QED) is 0.854. The minimum absolute atomic E-state index is 0.0722. The van der Waals surface area contributed by atoms with Gasteiger partial charge in [0.15, 0.2) is 11.6 Å². The molecule has 0 aliphatic carbocycles. The van der Waals surface area contributed by atoms with Gasteiger partial charge in [-0.05, 0) is 36.8 Å². The molecule has 1 amide bonds. The highest BCUT2D eigenvalue weighted by molar-refractivity contribution is 5.89. The Morgan fingerprint density at radius 2 is 1.95 bits per heavy atom. The molecular formula is C15H17FN4O. The third-order valence-electron chi connectivity index (χ3n) is 2.79. The molecule has 21 heavy (non-hydrogen) atoms. The molecule has 2 rings (SSSR count). The Labute approximate surface area is 122 Å². The van der Waals surface area contributed by atoms with E-state index in [0.29, 0.717) is 23.7 Å². The van der Waals surface area contributed by atoms with Crippen LogP contribution in [0.3, 0.4) is 0 Å². The summed E-state index contributed by atoms with van der Waals surface area (Å²) in [5.74, 6) is 0.484. The van der Waals surface area contributed by atoms with Crippen molar-refractivity contribution in [3.63, 3.8) is 0 Å². The van der Waals surface area contributed by atoms with E-state index >= 15 is 0 Å². The van der Waals surface area contributed by atoms with Gasteiger partial charge in [0.2, 0.25) is 5.91 Å². The number of benzene rings is 1. The van der Waals surface area contributed by atoms with Crippen molar-refractivity contribution in [1.29, 1.82) is 0 Å². The molecule has 0 radical (unpaired) electrons. The normalized spacial score (nSPS) is 10.2. The molecule has 2 aromatic rings. The first-order valence-corrected chi connectivity index (χ1v) is 6.83. The van der Waals surface area contributed by atoms with Gasteiger partial charge in [-0.3, -0.25) is 4.79 Å². The smallest absolute Gasteiger partial charge is 0.225 e. The first-order chi connectivity index (χ1) is 10.2. The van der Waals surface area contributed by atoms with E-state index in [2.05, 4.69) is 20.8 Å². The van der Waals surface area contributed by atoms with Crippen molar-refractivity contribution in [2.75, 3.05) is 10.6 Å². The summed E-state index contributed by atoms with van der Waals surface area (Å²) in [7, 11) is 0. The molecule has 0 aliphatic rings. The number of carbonyl (C=O) groups excluding carboxylic acids is 1. The van der Waals surface area contributed by atoms with Crippen LogP contribution in [0.4, 0.5) is 21.7 Å². The molecule has 1 aromatic carbocycles. The number of hydrogen-bond acceptors (Lipinski definition) is 4.